The lowest BCUT2D eigenvalue weighted by Crippen LogP contribution is -2.25. The Morgan fingerprint density at radius 3 is 2.10 bits per heavy atom. The van der Waals surface area contributed by atoms with E-state index in [1.54, 1.807) is 7.11 Å². The minimum Gasteiger partial charge on any atom is -0.497 e. The Morgan fingerprint density at radius 2 is 1.54 bits per heavy atom. The highest BCUT2D eigenvalue weighted by Gasteiger charge is 2.34. The fraction of sp³-hybridized carbons (Fsp3) is 0.457. The van der Waals surface area contributed by atoms with Crippen molar-refractivity contribution in [3.8, 4) is 17.2 Å². The number of methoxy groups -OCH3 is 1. The molecule has 5 rings (SSSR count). The topological polar surface area (TPSA) is 60.0 Å². The van der Waals surface area contributed by atoms with E-state index in [-0.39, 0.29) is 12.8 Å². The summed E-state index contributed by atoms with van der Waals surface area (Å²) in [5, 5.41) is 3.29. The van der Waals surface area contributed by atoms with Gasteiger partial charge in [0.2, 0.25) is 6.79 Å². The summed E-state index contributed by atoms with van der Waals surface area (Å²) in [6.45, 7) is 12.4. The molecule has 0 radical (unpaired) electrons. The number of hydrogen-bond acceptors (Lipinski definition) is 6. The molecule has 0 amide bonds. The fourth-order valence-electron chi connectivity index (χ4n) is 5.60. The normalized spacial score (nSPS) is 17.1. The zero-order valence-corrected chi connectivity index (χ0v) is 26.0. The van der Waals surface area contributed by atoms with Gasteiger partial charge in [-0.3, -0.25) is 4.90 Å². The lowest BCUT2D eigenvalue weighted by molar-refractivity contribution is -0.109. The summed E-state index contributed by atoms with van der Waals surface area (Å²) < 4.78 is 16.1. The smallest absolute Gasteiger partial charge is 0.231 e. The maximum atomic E-state index is 11.1. The van der Waals surface area contributed by atoms with E-state index in [2.05, 4.69) is 81.2 Å². The maximum Gasteiger partial charge on any atom is 0.231 e. The molecule has 0 saturated carbocycles. The number of likely N-dealkylation sites (tertiary alicyclic amines) is 1. The number of fused-ring (bicyclic) bond motifs is 1. The molecule has 1 N–H and O–H groups in total. The molecule has 0 bridgehead atoms. The van der Waals surface area contributed by atoms with Gasteiger partial charge in [0.05, 0.1) is 13.7 Å². The molecule has 2 atom stereocenters. The van der Waals surface area contributed by atoms with Crippen LogP contribution in [0.25, 0.3) is 0 Å². The number of nitrogens with one attached hydrogen (secondary N) is 1. The SMILES string of the molecule is CCC.CCc1cc(C)cc(CC)c1NC.COc1ccc([C@H]2C[C@@H](c3ccc4c(c3)OCO4)CN2CC=O)cc1. The monoisotopic (exact) mass is 560 g/mol. The van der Waals surface area contributed by atoms with E-state index in [9.17, 15) is 4.79 Å². The first-order valence-electron chi connectivity index (χ1n) is 14.9. The number of ether oxygens (including phenoxy) is 3. The number of nitrogens with zero attached hydrogens (tertiary/aromatic N) is 1. The van der Waals surface area contributed by atoms with Gasteiger partial charge in [0, 0.05) is 25.3 Å². The Hall–Kier alpha value is -3.51. The van der Waals surface area contributed by atoms with Crippen LogP contribution in [0.15, 0.2) is 54.6 Å². The van der Waals surface area contributed by atoms with E-state index in [1.165, 1.54) is 39.9 Å². The number of benzene rings is 3. The van der Waals surface area contributed by atoms with Gasteiger partial charge in [-0.05, 0) is 78.6 Å². The van der Waals surface area contributed by atoms with Crippen LogP contribution < -0.4 is 19.5 Å². The first-order chi connectivity index (χ1) is 19.9. The van der Waals surface area contributed by atoms with Gasteiger partial charge < -0.3 is 24.3 Å². The van der Waals surface area contributed by atoms with Crippen LogP contribution in [0, 0.1) is 6.92 Å². The second-order valence-corrected chi connectivity index (χ2v) is 10.6. The van der Waals surface area contributed by atoms with E-state index in [4.69, 9.17) is 14.2 Å². The van der Waals surface area contributed by atoms with Crippen molar-refractivity contribution in [2.45, 2.75) is 72.3 Å². The predicted octanol–water partition coefficient (Wildman–Crippen LogP) is 7.73. The van der Waals surface area contributed by atoms with Crippen molar-refractivity contribution in [1.82, 2.24) is 4.90 Å². The van der Waals surface area contributed by atoms with E-state index in [0.29, 0.717) is 12.5 Å². The van der Waals surface area contributed by atoms with Gasteiger partial charge in [-0.1, -0.05) is 70.0 Å². The van der Waals surface area contributed by atoms with Gasteiger partial charge in [0.1, 0.15) is 12.0 Å². The molecule has 6 nitrogen and oxygen atoms in total. The Kier molecular flexibility index (Phi) is 12.5. The molecule has 41 heavy (non-hydrogen) atoms. The summed E-state index contributed by atoms with van der Waals surface area (Å²) >= 11 is 0. The number of aryl methyl sites for hydroxylation is 3. The fourth-order valence-corrected chi connectivity index (χ4v) is 5.60. The highest BCUT2D eigenvalue weighted by Crippen LogP contribution is 2.43. The Balaban J connectivity index is 0.000000244. The van der Waals surface area contributed by atoms with Crippen molar-refractivity contribution >= 4 is 12.0 Å². The number of rotatable bonds is 8. The summed E-state index contributed by atoms with van der Waals surface area (Å²) in [4.78, 5) is 13.4. The van der Waals surface area contributed by atoms with E-state index in [0.717, 1.165) is 49.3 Å². The minimum absolute atomic E-state index is 0.228. The zero-order valence-electron chi connectivity index (χ0n) is 26.0. The van der Waals surface area contributed by atoms with Crippen molar-refractivity contribution < 1.29 is 19.0 Å². The minimum atomic E-state index is 0.228. The molecule has 3 aromatic carbocycles. The number of hydrogen-bond donors (Lipinski definition) is 1. The summed E-state index contributed by atoms with van der Waals surface area (Å²) in [6, 6.07) is 19.0. The van der Waals surface area contributed by atoms with Crippen LogP contribution in [0.2, 0.25) is 0 Å². The zero-order chi connectivity index (χ0) is 29.8. The Morgan fingerprint density at radius 1 is 0.927 bits per heavy atom. The van der Waals surface area contributed by atoms with E-state index in [1.807, 2.05) is 25.2 Å². The summed E-state index contributed by atoms with van der Waals surface area (Å²) in [7, 11) is 3.67. The molecular formula is C35H48N2O4. The molecule has 3 aromatic rings. The van der Waals surface area contributed by atoms with Crippen molar-refractivity contribution in [1.29, 1.82) is 0 Å². The molecule has 6 heteroatoms. The number of carbonyl (C=O) groups excluding carboxylic acids is 1. The number of carbonyl (C=O) groups is 1. The molecule has 2 aliphatic rings. The van der Waals surface area contributed by atoms with E-state index < -0.39 is 0 Å². The van der Waals surface area contributed by atoms with Crippen molar-refractivity contribution in [2.24, 2.45) is 0 Å². The largest absolute Gasteiger partial charge is 0.497 e. The third kappa shape index (κ3) is 8.26. The van der Waals surface area contributed by atoms with Crippen LogP contribution in [-0.4, -0.2) is 45.2 Å². The molecule has 222 valence electrons. The molecule has 1 saturated heterocycles. The quantitative estimate of drug-likeness (QED) is 0.285. The maximum absolute atomic E-state index is 11.1. The lowest BCUT2D eigenvalue weighted by Gasteiger charge is -2.22. The van der Waals surface area contributed by atoms with Crippen LogP contribution in [0.1, 0.15) is 80.3 Å². The average molecular weight is 561 g/mol. The molecule has 2 heterocycles. The molecular weight excluding hydrogens is 512 g/mol. The molecule has 2 aliphatic heterocycles. The molecule has 1 fully saturated rings. The molecule has 0 spiro atoms. The van der Waals surface area contributed by atoms with Crippen LogP contribution in [0.5, 0.6) is 17.2 Å². The second-order valence-electron chi connectivity index (χ2n) is 10.6. The summed E-state index contributed by atoms with van der Waals surface area (Å²) in [5.74, 6) is 2.82. The highest BCUT2D eigenvalue weighted by molar-refractivity contribution is 5.59. The Bertz CT molecular complexity index is 1220. The van der Waals surface area contributed by atoms with Crippen molar-refractivity contribution in [3.63, 3.8) is 0 Å². The average Bonchev–Trinajstić information content (AvgIpc) is 3.64. The predicted molar refractivity (Wildman–Crippen MR) is 169 cm³/mol. The summed E-state index contributed by atoms with van der Waals surface area (Å²) in [5.41, 5.74) is 8.00. The third-order valence-corrected chi connectivity index (χ3v) is 7.54. The van der Waals surface area contributed by atoms with Crippen LogP contribution >= 0.6 is 0 Å². The van der Waals surface area contributed by atoms with Crippen molar-refractivity contribution in [2.75, 3.05) is 39.4 Å². The van der Waals surface area contributed by atoms with Gasteiger partial charge >= 0.3 is 0 Å². The summed E-state index contributed by atoms with van der Waals surface area (Å²) in [6.07, 6.45) is 5.41. The Labute approximate surface area is 247 Å². The highest BCUT2D eigenvalue weighted by atomic mass is 16.7. The number of aldehydes is 1. The van der Waals surface area contributed by atoms with Gasteiger partial charge in [-0.25, -0.2) is 0 Å². The lowest BCUT2D eigenvalue weighted by atomic mass is 9.93. The van der Waals surface area contributed by atoms with Gasteiger partial charge in [0.15, 0.2) is 11.5 Å². The second kappa shape index (κ2) is 16.1. The first kappa shape index (κ1) is 32.0. The van der Waals surface area contributed by atoms with Gasteiger partial charge in [-0.15, -0.1) is 0 Å². The van der Waals surface area contributed by atoms with Crippen LogP contribution in [0.3, 0.4) is 0 Å². The molecule has 0 aliphatic carbocycles. The molecule has 0 aromatic heterocycles. The molecule has 0 unspecified atom stereocenters. The van der Waals surface area contributed by atoms with Crippen molar-refractivity contribution in [3.05, 3.63) is 82.4 Å². The third-order valence-electron chi connectivity index (χ3n) is 7.54. The van der Waals surface area contributed by atoms with Gasteiger partial charge in [-0.2, -0.15) is 0 Å². The standard InChI is InChI=1S/C20H21NO4.C12H19N.C3H8/c1-23-17-5-2-14(3-6-17)18-10-16(12-21(18)8-9-22)15-4-7-19-20(11-15)25-13-24-19;1-5-10-7-9(3)8-11(6-2)12(10)13-4;1-3-2/h2-7,9,11,16,18H,8,10,12-13H2,1H3;7-8,13H,5-6H2,1-4H3;3H2,1-2H3/t16-,18-;;/m1../s1. The first-order valence-corrected chi connectivity index (χ1v) is 14.9. The van der Waals surface area contributed by atoms with Crippen LogP contribution in [-0.2, 0) is 17.6 Å². The van der Waals surface area contributed by atoms with Gasteiger partial charge in [0.25, 0.3) is 0 Å². The van der Waals surface area contributed by atoms with E-state index >= 15 is 0 Å². The van der Waals surface area contributed by atoms with Crippen LogP contribution in [0.4, 0.5) is 5.69 Å². The number of anilines is 1.